The first-order chi connectivity index (χ1) is 11.0. The lowest BCUT2D eigenvalue weighted by molar-refractivity contribution is -0.141. The number of aliphatic hydroxyl groups excluding tert-OH is 1. The van der Waals surface area contributed by atoms with E-state index in [-0.39, 0.29) is 5.91 Å². The maximum absolute atomic E-state index is 12.5. The van der Waals surface area contributed by atoms with Crippen molar-refractivity contribution in [3.05, 3.63) is 65.7 Å². The van der Waals surface area contributed by atoms with Gasteiger partial charge < -0.3 is 14.9 Å². The van der Waals surface area contributed by atoms with E-state index >= 15 is 0 Å². The largest absolute Gasteiger partial charge is 0.378 e. The number of amides is 1. The Kier molecular flexibility index (Phi) is 5.77. The van der Waals surface area contributed by atoms with Crippen molar-refractivity contribution in [2.45, 2.75) is 19.6 Å². The average molecular weight is 312 g/mol. The molecule has 2 rings (SSSR count). The summed E-state index contributed by atoms with van der Waals surface area (Å²) in [6.07, 6.45) is -1.11. The van der Waals surface area contributed by atoms with Crippen molar-refractivity contribution in [3.8, 4) is 0 Å². The highest BCUT2D eigenvalue weighted by Crippen LogP contribution is 2.18. The highest BCUT2D eigenvalue weighted by molar-refractivity contribution is 5.82. The van der Waals surface area contributed by atoms with Gasteiger partial charge in [0, 0.05) is 32.9 Å². The molecule has 0 fully saturated rings. The van der Waals surface area contributed by atoms with Crippen molar-refractivity contribution in [1.29, 1.82) is 0 Å². The van der Waals surface area contributed by atoms with E-state index in [0.29, 0.717) is 18.7 Å². The lowest BCUT2D eigenvalue weighted by atomic mass is 10.1. The molecular formula is C19H24N2O2. The van der Waals surface area contributed by atoms with Crippen LogP contribution in [0.4, 0.5) is 5.69 Å². The summed E-state index contributed by atoms with van der Waals surface area (Å²) in [6, 6.07) is 17.1. The SMILES string of the molecule is CCN(Cc1ccc(N(C)C)cc1)C(=O)C(O)c1ccccc1. The fourth-order valence-electron chi connectivity index (χ4n) is 2.42. The summed E-state index contributed by atoms with van der Waals surface area (Å²) >= 11 is 0. The summed E-state index contributed by atoms with van der Waals surface area (Å²) in [6.45, 7) is 2.97. The molecule has 0 saturated heterocycles. The Balaban J connectivity index is 2.08. The number of carbonyl (C=O) groups is 1. The molecule has 0 radical (unpaired) electrons. The van der Waals surface area contributed by atoms with Crippen LogP contribution in [0.2, 0.25) is 0 Å². The number of nitrogens with zero attached hydrogens (tertiary/aromatic N) is 2. The molecule has 1 atom stereocenters. The lowest BCUT2D eigenvalue weighted by Gasteiger charge is -2.24. The van der Waals surface area contributed by atoms with Gasteiger partial charge in [-0.25, -0.2) is 0 Å². The first-order valence-corrected chi connectivity index (χ1v) is 7.81. The predicted molar refractivity (Wildman–Crippen MR) is 93.3 cm³/mol. The molecule has 0 heterocycles. The highest BCUT2D eigenvalue weighted by Gasteiger charge is 2.22. The molecule has 0 aromatic heterocycles. The first-order valence-electron chi connectivity index (χ1n) is 7.81. The fraction of sp³-hybridized carbons (Fsp3) is 0.316. The van der Waals surface area contributed by atoms with Crippen molar-refractivity contribution < 1.29 is 9.90 Å². The number of rotatable bonds is 6. The van der Waals surface area contributed by atoms with Gasteiger partial charge in [0.05, 0.1) is 0 Å². The van der Waals surface area contributed by atoms with Crippen LogP contribution in [0, 0.1) is 0 Å². The van der Waals surface area contributed by atoms with Gasteiger partial charge in [-0.15, -0.1) is 0 Å². The molecule has 0 spiro atoms. The average Bonchev–Trinajstić information content (AvgIpc) is 2.59. The van der Waals surface area contributed by atoms with E-state index in [1.807, 2.05) is 68.4 Å². The Morgan fingerprint density at radius 2 is 1.65 bits per heavy atom. The topological polar surface area (TPSA) is 43.8 Å². The van der Waals surface area contributed by atoms with Crippen LogP contribution in [0.1, 0.15) is 24.2 Å². The lowest BCUT2D eigenvalue weighted by Crippen LogP contribution is -2.34. The van der Waals surface area contributed by atoms with Crippen LogP contribution >= 0.6 is 0 Å². The number of anilines is 1. The van der Waals surface area contributed by atoms with E-state index in [9.17, 15) is 9.90 Å². The van der Waals surface area contributed by atoms with Gasteiger partial charge in [-0.1, -0.05) is 42.5 Å². The van der Waals surface area contributed by atoms with Crippen molar-refractivity contribution >= 4 is 11.6 Å². The molecule has 1 unspecified atom stereocenters. The highest BCUT2D eigenvalue weighted by atomic mass is 16.3. The molecule has 4 heteroatoms. The summed E-state index contributed by atoms with van der Waals surface area (Å²) in [7, 11) is 3.99. The van der Waals surface area contributed by atoms with E-state index in [2.05, 4.69) is 0 Å². The van der Waals surface area contributed by atoms with Gasteiger partial charge in [0.15, 0.2) is 6.10 Å². The van der Waals surface area contributed by atoms with Crippen LogP contribution in [-0.2, 0) is 11.3 Å². The number of carbonyl (C=O) groups excluding carboxylic acids is 1. The molecule has 0 aliphatic carbocycles. The Bertz CT molecular complexity index is 624. The maximum atomic E-state index is 12.5. The monoisotopic (exact) mass is 312 g/mol. The van der Waals surface area contributed by atoms with Crippen LogP contribution in [-0.4, -0.2) is 36.6 Å². The molecular weight excluding hydrogens is 288 g/mol. The quantitative estimate of drug-likeness (QED) is 0.892. The normalized spacial score (nSPS) is 11.8. The second kappa shape index (κ2) is 7.79. The van der Waals surface area contributed by atoms with Crippen molar-refractivity contribution in [2.75, 3.05) is 25.5 Å². The standard InChI is InChI=1S/C19H24N2O2/c1-4-21(14-15-10-12-17(13-11-15)20(2)3)19(23)18(22)16-8-6-5-7-9-16/h5-13,18,22H,4,14H2,1-3H3. The Hall–Kier alpha value is -2.33. The van der Waals surface area contributed by atoms with Crippen molar-refractivity contribution in [1.82, 2.24) is 4.90 Å². The van der Waals surface area contributed by atoms with Gasteiger partial charge in [0.2, 0.25) is 0 Å². The molecule has 1 amide bonds. The zero-order chi connectivity index (χ0) is 16.8. The number of likely N-dealkylation sites (N-methyl/N-ethyl adjacent to an activating group) is 1. The molecule has 23 heavy (non-hydrogen) atoms. The van der Waals surface area contributed by atoms with E-state index in [1.165, 1.54) is 0 Å². The molecule has 0 aliphatic rings. The minimum absolute atomic E-state index is 0.268. The third kappa shape index (κ3) is 4.33. The van der Waals surface area contributed by atoms with Crippen LogP contribution in [0.25, 0.3) is 0 Å². The van der Waals surface area contributed by atoms with Gasteiger partial charge in [0.1, 0.15) is 0 Å². The minimum Gasteiger partial charge on any atom is -0.378 e. The third-order valence-corrected chi connectivity index (χ3v) is 3.87. The van der Waals surface area contributed by atoms with Crippen LogP contribution < -0.4 is 4.90 Å². The smallest absolute Gasteiger partial charge is 0.256 e. The molecule has 4 nitrogen and oxygen atoms in total. The van der Waals surface area contributed by atoms with Crippen molar-refractivity contribution in [3.63, 3.8) is 0 Å². The Morgan fingerprint density at radius 1 is 1.04 bits per heavy atom. The summed E-state index contributed by atoms with van der Waals surface area (Å²) < 4.78 is 0. The molecule has 1 N–H and O–H groups in total. The fourth-order valence-corrected chi connectivity index (χ4v) is 2.42. The predicted octanol–water partition coefficient (Wildman–Crippen LogP) is 2.83. The summed E-state index contributed by atoms with van der Waals surface area (Å²) in [4.78, 5) is 16.2. The molecule has 0 saturated carbocycles. The van der Waals surface area contributed by atoms with Gasteiger partial charge in [-0.2, -0.15) is 0 Å². The third-order valence-electron chi connectivity index (χ3n) is 3.87. The summed E-state index contributed by atoms with van der Waals surface area (Å²) in [5, 5.41) is 10.3. The first kappa shape index (κ1) is 17.0. The number of benzene rings is 2. The molecule has 122 valence electrons. The van der Waals surface area contributed by atoms with Crippen LogP contribution in [0.5, 0.6) is 0 Å². The number of hydrogen-bond acceptors (Lipinski definition) is 3. The Labute approximate surface area is 138 Å². The van der Waals surface area contributed by atoms with E-state index in [0.717, 1.165) is 11.3 Å². The second-order valence-corrected chi connectivity index (χ2v) is 5.73. The second-order valence-electron chi connectivity index (χ2n) is 5.73. The number of hydrogen-bond donors (Lipinski definition) is 1. The van der Waals surface area contributed by atoms with Crippen LogP contribution in [0.3, 0.4) is 0 Å². The van der Waals surface area contributed by atoms with E-state index in [4.69, 9.17) is 0 Å². The minimum atomic E-state index is -1.11. The number of aliphatic hydroxyl groups is 1. The summed E-state index contributed by atoms with van der Waals surface area (Å²) in [5.41, 5.74) is 2.79. The molecule has 2 aromatic carbocycles. The summed E-state index contributed by atoms with van der Waals surface area (Å²) in [5.74, 6) is -0.268. The zero-order valence-electron chi connectivity index (χ0n) is 13.9. The van der Waals surface area contributed by atoms with Gasteiger partial charge in [-0.05, 0) is 30.2 Å². The van der Waals surface area contributed by atoms with Crippen molar-refractivity contribution in [2.24, 2.45) is 0 Å². The van der Waals surface area contributed by atoms with E-state index < -0.39 is 6.10 Å². The zero-order valence-corrected chi connectivity index (χ0v) is 13.9. The van der Waals surface area contributed by atoms with Crippen LogP contribution in [0.15, 0.2) is 54.6 Å². The van der Waals surface area contributed by atoms with Gasteiger partial charge in [-0.3, -0.25) is 4.79 Å². The van der Waals surface area contributed by atoms with E-state index in [1.54, 1.807) is 17.0 Å². The molecule has 0 bridgehead atoms. The van der Waals surface area contributed by atoms with Gasteiger partial charge in [0.25, 0.3) is 5.91 Å². The van der Waals surface area contributed by atoms with Gasteiger partial charge >= 0.3 is 0 Å². The Morgan fingerprint density at radius 3 is 2.17 bits per heavy atom. The molecule has 0 aliphatic heterocycles. The molecule has 2 aromatic rings. The maximum Gasteiger partial charge on any atom is 0.256 e.